The van der Waals surface area contributed by atoms with Crippen LogP contribution in [0, 0.1) is 5.92 Å². The van der Waals surface area contributed by atoms with Crippen LogP contribution in [0.3, 0.4) is 0 Å². The van der Waals surface area contributed by atoms with E-state index in [1.165, 1.54) is 32.4 Å². The van der Waals surface area contributed by atoms with E-state index in [4.69, 9.17) is 10.5 Å². The summed E-state index contributed by atoms with van der Waals surface area (Å²) in [5.74, 6) is 0.714. The molecule has 0 bridgehead atoms. The van der Waals surface area contributed by atoms with E-state index in [0.29, 0.717) is 12.0 Å². The smallest absolute Gasteiger partial charge is 0.0618 e. The molecule has 2 N–H and O–H groups in total. The van der Waals surface area contributed by atoms with E-state index in [-0.39, 0.29) is 0 Å². The first-order valence-electron chi connectivity index (χ1n) is 5.74. The summed E-state index contributed by atoms with van der Waals surface area (Å²) in [6.07, 6.45) is 3.74. The second kappa shape index (κ2) is 6.38. The van der Waals surface area contributed by atoms with Crippen LogP contribution in [0.4, 0.5) is 0 Å². The van der Waals surface area contributed by atoms with Crippen LogP contribution >= 0.6 is 0 Å². The SMILES string of the molecule is CCCC(COC)N1CCC(CN)C1. The Labute approximate surface area is 87.6 Å². The lowest BCUT2D eigenvalue weighted by atomic mass is 10.1. The highest BCUT2D eigenvalue weighted by atomic mass is 16.5. The average molecular weight is 200 g/mol. The first-order valence-corrected chi connectivity index (χ1v) is 5.74. The van der Waals surface area contributed by atoms with Crippen molar-refractivity contribution in [2.24, 2.45) is 11.7 Å². The molecule has 0 aromatic rings. The van der Waals surface area contributed by atoms with Crippen LogP contribution in [0.1, 0.15) is 26.2 Å². The van der Waals surface area contributed by atoms with Gasteiger partial charge in [0, 0.05) is 19.7 Å². The van der Waals surface area contributed by atoms with Crippen molar-refractivity contribution < 1.29 is 4.74 Å². The van der Waals surface area contributed by atoms with E-state index >= 15 is 0 Å². The topological polar surface area (TPSA) is 38.5 Å². The van der Waals surface area contributed by atoms with Crippen molar-refractivity contribution in [1.82, 2.24) is 4.90 Å². The molecule has 2 atom stereocenters. The van der Waals surface area contributed by atoms with Crippen molar-refractivity contribution >= 4 is 0 Å². The molecule has 0 spiro atoms. The molecule has 0 amide bonds. The van der Waals surface area contributed by atoms with Gasteiger partial charge in [-0.15, -0.1) is 0 Å². The molecule has 0 aromatic heterocycles. The number of nitrogens with zero attached hydrogens (tertiary/aromatic N) is 1. The third-order valence-corrected chi connectivity index (χ3v) is 3.15. The van der Waals surface area contributed by atoms with Crippen molar-refractivity contribution in [3.63, 3.8) is 0 Å². The van der Waals surface area contributed by atoms with Gasteiger partial charge in [-0.2, -0.15) is 0 Å². The molecule has 0 radical (unpaired) electrons. The fraction of sp³-hybridized carbons (Fsp3) is 1.00. The van der Waals surface area contributed by atoms with Crippen LogP contribution in [-0.4, -0.2) is 44.3 Å². The molecule has 1 heterocycles. The summed E-state index contributed by atoms with van der Waals surface area (Å²) < 4.78 is 5.26. The second-order valence-electron chi connectivity index (χ2n) is 4.28. The minimum Gasteiger partial charge on any atom is -0.383 e. The Hall–Kier alpha value is -0.120. The molecular weight excluding hydrogens is 176 g/mol. The first kappa shape index (κ1) is 12.0. The molecule has 3 nitrogen and oxygen atoms in total. The summed E-state index contributed by atoms with van der Waals surface area (Å²) in [7, 11) is 1.79. The monoisotopic (exact) mass is 200 g/mol. The van der Waals surface area contributed by atoms with Gasteiger partial charge in [-0.25, -0.2) is 0 Å². The van der Waals surface area contributed by atoms with E-state index in [1.54, 1.807) is 7.11 Å². The molecule has 1 aliphatic rings. The number of ether oxygens (including phenoxy) is 1. The van der Waals surface area contributed by atoms with Gasteiger partial charge >= 0.3 is 0 Å². The minimum absolute atomic E-state index is 0.613. The van der Waals surface area contributed by atoms with Gasteiger partial charge in [0.1, 0.15) is 0 Å². The van der Waals surface area contributed by atoms with Crippen molar-refractivity contribution in [2.45, 2.75) is 32.2 Å². The molecule has 0 aromatic carbocycles. The molecule has 84 valence electrons. The van der Waals surface area contributed by atoms with Gasteiger partial charge in [-0.05, 0) is 31.8 Å². The van der Waals surface area contributed by atoms with Gasteiger partial charge in [-0.3, -0.25) is 4.90 Å². The zero-order valence-corrected chi connectivity index (χ0v) is 9.54. The lowest BCUT2D eigenvalue weighted by Crippen LogP contribution is -2.37. The Morgan fingerprint density at radius 1 is 1.57 bits per heavy atom. The van der Waals surface area contributed by atoms with E-state index in [1.807, 2.05) is 0 Å². The molecule has 0 saturated carbocycles. The van der Waals surface area contributed by atoms with Crippen molar-refractivity contribution in [2.75, 3.05) is 33.4 Å². The minimum atomic E-state index is 0.613. The fourth-order valence-electron chi connectivity index (χ4n) is 2.28. The maximum Gasteiger partial charge on any atom is 0.0618 e. The van der Waals surface area contributed by atoms with Gasteiger partial charge in [-0.1, -0.05) is 13.3 Å². The van der Waals surface area contributed by atoms with Crippen LogP contribution < -0.4 is 5.73 Å². The molecule has 1 aliphatic heterocycles. The normalized spacial score (nSPS) is 25.5. The highest BCUT2D eigenvalue weighted by Gasteiger charge is 2.26. The number of likely N-dealkylation sites (tertiary alicyclic amines) is 1. The lowest BCUT2D eigenvalue weighted by molar-refractivity contribution is 0.0974. The van der Waals surface area contributed by atoms with E-state index in [9.17, 15) is 0 Å². The van der Waals surface area contributed by atoms with Gasteiger partial charge in [0.05, 0.1) is 6.61 Å². The molecule has 0 aliphatic carbocycles. The zero-order valence-electron chi connectivity index (χ0n) is 9.54. The predicted molar refractivity (Wildman–Crippen MR) is 59.3 cm³/mol. The summed E-state index contributed by atoms with van der Waals surface area (Å²) in [6, 6.07) is 0.613. The summed E-state index contributed by atoms with van der Waals surface area (Å²) in [4.78, 5) is 2.55. The number of hydrogen-bond acceptors (Lipinski definition) is 3. The Bertz CT molecular complexity index is 146. The van der Waals surface area contributed by atoms with Crippen LogP contribution in [0.5, 0.6) is 0 Å². The highest BCUT2D eigenvalue weighted by molar-refractivity contribution is 4.81. The predicted octanol–water partition coefficient (Wildman–Crippen LogP) is 1.08. The quantitative estimate of drug-likeness (QED) is 0.697. The summed E-state index contributed by atoms with van der Waals surface area (Å²) in [5.41, 5.74) is 5.69. The lowest BCUT2D eigenvalue weighted by Gasteiger charge is -2.26. The highest BCUT2D eigenvalue weighted by Crippen LogP contribution is 2.19. The van der Waals surface area contributed by atoms with Crippen molar-refractivity contribution in [1.29, 1.82) is 0 Å². The van der Waals surface area contributed by atoms with E-state index < -0.39 is 0 Å². The molecular formula is C11H24N2O. The first-order chi connectivity index (χ1) is 6.81. The van der Waals surface area contributed by atoms with Crippen LogP contribution in [0.15, 0.2) is 0 Å². The Balaban J connectivity index is 2.36. The van der Waals surface area contributed by atoms with Gasteiger partial charge in [0.25, 0.3) is 0 Å². The number of methoxy groups -OCH3 is 1. The van der Waals surface area contributed by atoms with Crippen molar-refractivity contribution in [3.05, 3.63) is 0 Å². The third-order valence-electron chi connectivity index (χ3n) is 3.15. The van der Waals surface area contributed by atoms with Gasteiger partial charge in [0.15, 0.2) is 0 Å². The van der Waals surface area contributed by atoms with Crippen molar-refractivity contribution in [3.8, 4) is 0 Å². The summed E-state index contributed by atoms with van der Waals surface area (Å²) in [5, 5.41) is 0. The van der Waals surface area contributed by atoms with Crippen LogP contribution in [-0.2, 0) is 4.74 Å². The summed E-state index contributed by atoms with van der Waals surface area (Å²) in [6.45, 7) is 6.31. The average Bonchev–Trinajstić information content (AvgIpc) is 2.65. The molecule has 1 rings (SSSR count). The number of nitrogens with two attached hydrogens (primary N) is 1. The van der Waals surface area contributed by atoms with Crippen LogP contribution in [0.25, 0.3) is 0 Å². The molecule has 3 heteroatoms. The maximum absolute atomic E-state index is 5.69. The number of hydrogen-bond donors (Lipinski definition) is 1. The van der Waals surface area contributed by atoms with E-state index in [2.05, 4.69) is 11.8 Å². The van der Waals surface area contributed by atoms with Gasteiger partial charge in [0.2, 0.25) is 0 Å². The standard InChI is InChI=1S/C11H24N2O/c1-3-4-11(9-14-2)13-6-5-10(7-12)8-13/h10-11H,3-9,12H2,1-2H3. The zero-order chi connectivity index (χ0) is 10.4. The van der Waals surface area contributed by atoms with Crippen LogP contribution in [0.2, 0.25) is 0 Å². The Morgan fingerprint density at radius 3 is 2.86 bits per heavy atom. The molecule has 2 unspecified atom stereocenters. The third kappa shape index (κ3) is 3.23. The summed E-state index contributed by atoms with van der Waals surface area (Å²) >= 11 is 0. The maximum atomic E-state index is 5.69. The molecule has 1 fully saturated rings. The van der Waals surface area contributed by atoms with E-state index in [0.717, 1.165) is 13.2 Å². The van der Waals surface area contributed by atoms with Gasteiger partial charge < -0.3 is 10.5 Å². The largest absolute Gasteiger partial charge is 0.383 e. The molecule has 1 saturated heterocycles. The second-order valence-corrected chi connectivity index (χ2v) is 4.28. The number of rotatable bonds is 6. The molecule has 14 heavy (non-hydrogen) atoms. The Kier molecular flexibility index (Phi) is 5.45. The Morgan fingerprint density at radius 2 is 2.36 bits per heavy atom. The fourth-order valence-corrected chi connectivity index (χ4v) is 2.28.